The Balaban J connectivity index is 1.71. The van der Waals surface area contributed by atoms with Gasteiger partial charge in [-0.1, -0.05) is 6.07 Å². The van der Waals surface area contributed by atoms with Gasteiger partial charge in [0.2, 0.25) is 5.88 Å². The van der Waals surface area contributed by atoms with Crippen molar-refractivity contribution in [2.24, 2.45) is 0 Å². The van der Waals surface area contributed by atoms with Crippen LogP contribution in [-0.2, 0) is 13.0 Å². The molecule has 0 spiro atoms. The Kier molecular flexibility index (Phi) is 5.16. The predicted molar refractivity (Wildman–Crippen MR) is 78.2 cm³/mol. The SMILES string of the molecule is COc1ccc(CNCCc2ccc(Br)s2)cn1. The van der Waals surface area contributed by atoms with Crippen molar-refractivity contribution in [3.05, 3.63) is 44.7 Å². The first-order valence-electron chi connectivity index (χ1n) is 5.72. The Morgan fingerprint density at radius 1 is 1.33 bits per heavy atom. The number of rotatable bonds is 6. The summed E-state index contributed by atoms with van der Waals surface area (Å²) in [6.45, 7) is 1.81. The van der Waals surface area contributed by atoms with Gasteiger partial charge < -0.3 is 10.1 Å². The molecule has 0 atom stereocenters. The van der Waals surface area contributed by atoms with Gasteiger partial charge in [-0.15, -0.1) is 11.3 Å². The molecule has 0 aromatic carbocycles. The van der Waals surface area contributed by atoms with Gasteiger partial charge in [-0.05, 0) is 40.0 Å². The van der Waals surface area contributed by atoms with Crippen molar-refractivity contribution < 1.29 is 4.74 Å². The molecular weight excluding hydrogens is 312 g/mol. The van der Waals surface area contributed by atoms with E-state index in [1.807, 2.05) is 18.3 Å². The zero-order valence-electron chi connectivity index (χ0n) is 10.1. The zero-order chi connectivity index (χ0) is 12.8. The standard InChI is InChI=1S/C13H15BrN2OS/c1-17-13-5-2-10(9-16-13)8-15-7-6-11-3-4-12(14)18-11/h2-5,9,15H,6-8H2,1H3. The minimum atomic E-state index is 0.655. The van der Waals surface area contributed by atoms with Gasteiger partial charge in [0.25, 0.3) is 0 Å². The smallest absolute Gasteiger partial charge is 0.212 e. The third-order valence-electron chi connectivity index (χ3n) is 2.51. The van der Waals surface area contributed by atoms with E-state index in [1.54, 1.807) is 18.4 Å². The van der Waals surface area contributed by atoms with E-state index in [9.17, 15) is 0 Å². The molecule has 2 aromatic heterocycles. The van der Waals surface area contributed by atoms with Gasteiger partial charge in [0.1, 0.15) is 0 Å². The number of hydrogen-bond donors (Lipinski definition) is 1. The summed E-state index contributed by atoms with van der Waals surface area (Å²) in [6, 6.07) is 8.16. The van der Waals surface area contributed by atoms with E-state index in [4.69, 9.17) is 4.74 Å². The maximum absolute atomic E-state index is 5.02. The van der Waals surface area contributed by atoms with E-state index < -0.39 is 0 Å². The van der Waals surface area contributed by atoms with Crippen LogP contribution in [0.2, 0.25) is 0 Å². The van der Waals surface area contributed by atoms with E-state index in [0.29, 0.717) is 5.88 Å². The second kappa shape index (κ2) is 6.87. The molecule has 0 unspecified atom stereocenters. The van der Waals surface area contributed by atoms with Gasteiger partial charge in [-0.3, -0.25) is 0 Å². The lowest BCUT2D eigenvalue weighted by Gasteiger charge is -2.04. The number of thiophene rings is 1. The number of hydrogen-bond acceptors (Lipinski definition) is 4. The van der Waals surface area contributed by atoms with Gasteiger partial charge >= 0.3 is 0 Å². The molecule has 0 aliphatic carbocycles. The Morgan fingerprint density at radius 2 is 2.22 bits per heavy atom. The number of nitrogens with one attached hydrogen (secondary N) is 1. The van der Waals surface area contributed by atoms with Crippen molar-refractivity contribution in [3.63, 3.8) is 0 Å². The number of methoxy groups -OCH3 is 1. The maximum atomic E-state index is 5.02. The maximum Gasteiger partial charge on any atom is 0.212 e. The largest absolute Gasteiger partial charge is 0.481 e. The average Bonchev–Trinajstić information content (AvgIpc) is 2.81. The second-order valence-electron chi connectivity index (χ2n) is 3.84. The molecule has 96 valence electrons. The third-order valence-corrected chi connectivity index (χ3v) is 4.20. The molecule has 0 fully saturated rings. The van der Waals surface area contributed by atoms with Crippen molar-refractivity contribution in [1.82, 2.24) is 10.3 Å². The van der Waals surface area contributed by atoms with E-state index in [2.05, 4.69) is 38.4 Å². The summed E-state index contributed by atoms with van der Waals surface area (Å²) < 4.78 is 6.21. The Labute approximate surface area is 119 Å². The second-order valence-corrected chi connectivity index (χ2v) is 6.39. The van der Waals surface area contributed by atoms with Crippen LogP contribution in [0.5, 0.6) is 5.88 Å². The van der Waals surface area contributed by atoms with Crippen LogP contribution >= 0.6 is 27.3 Å². The molecule has 5 heteroatoms. The Hall–Kier alpha value is -0.910. The molecule has 2 heterocycles. The van der Waals surface area contributed by atoms with Crippen molar-refractivity contribution in [3.8, 4) is 5.88 Å². The van der Waals surface area contributed by atoms with E-state index in [-0.39, 0.29) is 0 Å². The molecule has 2 aromatic rings. The van der Waals surface area contributed by atoms with Crippen LogP contribution in [0.25, 0.3) is 0 Å². The van der Waals surface area contributed by atoms with Gasteiger partial charge in [-0.25, -0.2) is 4.98 Å². The summed E-state index contributed by atoms with van der Waals surface area (Å²) in [5, 5.41) is 3.41. The summed E-state index contributed by atoms with van der Waals surface area (Å²) in [6.07, 6.45) is 2.90. The molecule has 18 heavy (non-hydrogen) atoms. The summed E-state index contributed by atoms with van der Waals surface area (Å²) in [5.74, 6) is 0.655. The first-order valence-corrected chi connectivity index (χ1v) is 7.33. The lowest BCUT2D eigenvalue weighted by atomic mass is 10.2. The van der Waals surface area contributed by atoms with E-state index in [0.717, 1.165) is 19.5 Å². The summed E-state index contributed by atoms with van der Waals surface area (Å²) in [7, 11) is 1.62. The first kappa shape index (κ1) is 13.5. The minimum absolute atomic E-state index is 0.655. The first-order chi connectivity index (χ1) is 8.78. The van der Waals surface area contributed by atoms with Crippen LogP contribution in [0.3, 0.4) is 0 Å². The Morgan fingerprint density at radius 3 is 2.83 bits per heavy atom. The number of halogens is 1. The molecular formula is C13H15BrN2OS. The summed E-state index contributed by atoms with van der Waals surface area (Å²) in [4.78, 5) is 5.56. The summed E-state index contributed by atoms with van der Waals surface area (Å²) in [5.41, 5.74) is 1.17. The monoisotopic (exact) mass is 326 g/mol. The fourth-order valence-corrected chi connectivity index (χ4v) is 3.05. The molecule has 0 saturated heterocycles. The van der Waals surface area contributed by atoms with Gasteiger partial charge in [0, 0.05) is 30.2 Å². The van der Waals surface area contributed by atoms with Crippen molar-refractivity contribution in [2.75, 3.05) is 13.7 Å². The van der Waals surface area contributed by atoms with Gasteiger partial charge in [0.05, 0.1) is 10.9 Å². The highest BCUT2D eigenvalue weighted by Gasteiger charge is 1.98. The fourth-order valence-electron chi connectivity index (χ4n) is 1.57. The van der Waals surface area contributed by atoms with Crippen LogP contribution in [-0.4, -0.2) is 18.6 Å². The van der Waals surface area contributed by atoms with E-state index in [1.165, 1.54) is 14.2 Å². The molecule has 0 aliphatic rings. The van der Waals surface area contributed by atoms with Crippen LogP contribution in [0, 0.1) is 0 Å². The average molecular weight is 327 g/mol. The van der Waals surface area contributed by atoms with Crippen molar-refractivity contribution in [2.45, 2.75) is 13.0 Å². The van der Waals surface area contributed by atoms with Gasteiger partial charge in [0.15, 0.2) is 0 Å². The number of pyridine rings is 1. The molecule has 3 nitrogen and oxygen atoms in total. The zero-order valence-corrected chi connectivity index (χ0v) is 12.6. The van der Waals surface area contributed by atoms with E-state index >= 15 is 0 Å². The number of ether oxygens (including phenoxy) is 1. The quantitative estimate of drug-likeness (QED) is 0.827. The van der Waals surface area contributed by atoms with Crippen LogP contribution < -0.4 is 10.1 Å². The minimum Gasteiger partial charge on any atom is -0.481 e. The number of nitrogens with zero attached hydrogens (tertiary/aromatic N) is 1. The molecule has 0 bridgehead atoms. The molecule has 2 rings (SSSR count). The van der Waals surface area contributed by atoms with Gasteiger partial charge in [-0.2, -0.15) is 0 Å². The number of aromatic nitrogens is 1. The van der Waals surface area contributed by atoms with Crippen LogP contribution in [0.15, 0.2) is 34.2 Å². The van der Waals surface area contributed by atoms with Crippen LogP contribution in [0.1, 0.15) is 10.4 Å². The highest BCUT2D eigenvalue weighted by molar-refractivity contribution is 9.11. The lowest BCUT2D eigenvalue weighted by molar-refractivity contribution is 0.397. The molecule has 1 N–H and O–H groups in total. The topological polar surface area (TPSA) is 34.1 Å². The molecule has 0 saturated carbocycles. The normalized spacial score (nSPS) is 10.6. The molecule has 0 radical (unpaired) electrons. The fraction of sp³-hybridized carbons (Fsp3) is 0.308. The predicted octanol–water partition coefficient (Wildman–Crippen LogP) is 3.25. The van der Waals surface area contributed by atoms with Crippen molar-refractivity contribution in [1.29, 1.82) is 0 Å². The van der Waals surface area contributed by atoms with Crippen molar-refractivity contribution >= 4 is 27.3 Å². The lowest BCUT2D eigenvalue weighted by Crippen LogP contribution is -2.16. The highest BCUT2D eigenvalue weighted by atomic mass is 79.9. The summed E-state index contributed by atoms with van der Waals surface area (Å²) >= 11 is 5.26. The third kappa shape index (κ3) is 4.08. The Bertz CT molecular complexity index is 484. The molecule has 0 amide bonds. The molecule has 0 aliphatic heterocycles. The van der Waals surface area contributed by atoms with Crippen LogP contribution in [0.4, 0.5) is 0 Å². The highest BCUT2D eigenvalue weighted by Crippen LogP contribution is 2.22.